The van der Waals surface area contributed by atoms with Crippen LogP contribution in [0, 0.1) is 0 Å². The number of alkyl halides is 3. The van der Waals surface area contributed by atoms with Gasteiger partial charge in [-0.15, -0.1) is 0 Å². The summed E-state index contributed by atoms with van der Waals surface area (Å²) >= 11 is 1.58. The van der Waals surface area contributed by atoms with Gasteiger partial charge in [0.1, 0.15) is 5.01 Å². The third kappa shape index (κ3) is 7.56. The topological polar surface area (TPSA) is 100 Å². The van der Waals surface area contributed by atoms with Gasteiger partial charge in [0.2, 0.25) is 4.96 Å². The highest BCUT2D eigenvalue weighted by Gasteiger charge is 2.38. The quantitative estimate of drug-likeness (QED) is 0.245. The average molecular weight is 630 g/mol. The predicted octanol–water partition coefficient (Wildman–Crippen LogP) is 6.39. The monoisotopic (exact) mass is 629 g/mol. The van der Waals surface area contributed by atoms with Gasteiger partial charge in [-0.2, -0.15) is 18.3 Å². The lowest BCUT2D eigenvalue weighted by Crippen LogP contribution is -2.50. The van der Waals surface area contributed by atoms with E-state index in [9.17, 15) is 18.0 Å². The molecule has 3 heterocycles. The van der Waals surface area contributed by atoms with Crippen LogP contribution >= 0.6 is 11.3 Å². The zero-order valence-electron chi connectivity index (χ0n) is 24.3. The Hall–Kier alpha value is -3.97. The molecule has 2 fully saturated rings. The van der Waals surface area contributed by atoms with Crippen LogP contribution in [-0.2, 0) is 9.53 Å². The molecule has 6 rings (SSSR count). The molecule has 234 valence electrons. The molecule has 0 radical (unpaired) electrons. The molecule has 0 amide bonds. The Morgan fingerprint density at radius 3 is 2.14 bits per heavy atom. The van der Waals surface area contributed by atoms with E-state index in [0.29, 0.717) is 12.2 Å². The first-order valence-corrected chi connectivity index (χ1v) is 15.5. The van der Waals surface area contributed by atoms with Crippen molar-refractivity contribution in [2.45, 2.75) is 51.2 Å². The second-order valence-corrected chi connectivity index (χ2v) is 11.7. The largest absolute Gasteiger partial charge is 0.490 e. The molecule has 4 aromatic rings. The van der Waals surface area contributed by atoms with Crippen LogP contribution in [0.1, 0.15) is 49.4 Å². The molecule has 0 bridgehead atoms. The summed E-state index contributed by atoms with van der Waals surface area (Å²) in [5.74, 6) is -3.06. The van der Waals surface area contributed by atoms with Crippen molar-refractivity contribution in [2.24, 2.45) is 0 Å². The number of nitrogens with zero attached hydrogens (tertiary/aromatic N) is 5. The van der Waals surface area contributed by atoms with Gasteiger partial charge in [0.15, 0.2) is 0 Å². The molecule has 2 aromatic heterocycles. The molecular formula is C31H34F3N5O4S. The molecule has 0 unspecified atom stereocenters. The van der Waals surface area contributed by atoms with Gasteiger partial charge >= 0.3 is 18.1 Å². The molecule has 44 heavy (non-hydrogen) atoms. The summed E-state index contributed by atoms with van der Waals surface area (Å²) in [7, 11) is 0. The van der Waals surface area contributed by atoms with Crippen LogP contribution in [0.25, 0.3) is 26.8 Å². The number of halogens is 3. The predicted molar refractivity (Wildman–Crippen MR) is 162 cm³/mol. The summed E-state index contributed by atoms with van der Waals surface area (Å²) in [5.41, 5.74) is 4.73. The number of hydrogen-bond donors (Lipinski definition) is 1. The number of carbonyl (C=O) groups is 2. The Kier molecular flexibility index (Phi) is 9.84. The van der Waals surface area contributed by atoms with Gasteiger partial charge in [0.25, 0.3) is 0 Å². The number of rotatable bonds is 6. The number of aliphatic carboxylic acids is 1. The summed E-state index contributed by atoms with van der Waals surface area (Å²) in [6.07, 6.45) is 3.85. The third-order valence-electron chi connectivity index (χ3n) is 7.86. The second-order valence-electron chi connectivity index (χ2n) is 10.7. The smallest absolute Gasteiger partial charge is 0.475 e. The number of benzene rings is 2. The standard InChI is InChI=1S/C29H33N5O2S.C2HF3O2/c1-2-36-28(35)23-10-8-21(9-11-23)26-20-34-29(30-26)37-27(31-34)22-12-14-25(15-13-22)33-18-16-32(17-19-33)24-6-4-3-5-7-24;3-2(4,5)1(6)7/h8-15,20,24H,2-7,16-19H2,1H3;(H,6,7). The Bertz CT molecular complexity index is 1520. The van der Waals surface area contributed by atoms with Crippen LogP contribution in [0.3, 0.4) is 0 Å². The number of carbonyl (C=O) groups excluding carboxylic acids is 1. The zero-order valence-corrected chi connectivity index (χ0v) is 25.1. The molecule has 2 aliphatic rings. The van der Waals surface area contributed by atoms with Gasteiger partial charge in [-0.05, 0) is 56.2 Å². The molecule has 1 aliphatic carbocycles. The summed E-state index contributed by atoms with van der Waals surface area (Å²) < 4.78 is 38.6. The Labute approximate surface area is 256 Å². The van der Waals surface area contributed by atoms with Crippen molar-refractivity contribution in [1.82, 2.24) is 19.5 Å². The first-order chi connectivity index (χ1) is 21.1. The fourth-order valence-electron chi connectivity index (χ4n) is 5.55. The molecule has 0 spiro atoms. The number of esters is 1. The number of imidazole rings is 1. The van der Waals surface area contributed by atoms with Crippen molar-refractivity contribution in [3.05, 3.63) is 60.3 Å². The summed E-state index contributed by atoms with van der Waals surface area (Å²) in [6.45, 7) is 6.72. The van der Waals surface area contributed by atoms with Crippen molar-refractivity contribution >= 4 is 33.9 Å². The lowest BCUT2D eigenvalue weighted by molar-refractivity contribution is -0.192. The van der Waals surface area contributed by atoms with Gasteiger partial charge in [0, 0.05) is 49.0 Å². The number of aromatic nitrogens is 3. The van der Waals surface area contributed by atoms with E-state index in [0.717, 1.165) is 45.9 Å². The van der Waals surface area contributed by atoms with Crippen molar-refractivity contribution in [3.63, 3.8) is 0 Å². The Balaban J connectivity index is 0.000000493. The third-order valence-corrected chi connectivity index (χ3v) is 8.83. The molecule has 9 nitrogen and oxygen atoms in total. The van der Waals surface area contributed by atoms with Crippen LogP contribution in [0.5, 0.6) is 0 Å². The van der Waals surface area contributed by atoms with E-state index in [2.05, 4.69) is 34.1 Å². The second kappa shape index (κ2) is 13.8. The first-order valence-electron chi connectivity index (χ1n) is 14.7. The van der Waals surface area contributed by atoms with E-state index in [4.69, 9.17) is 24.7 Å². The van der Waals surface area contributed by atoms with Gasteiger partial charge in [-0.1, -0.05) is 42.7 Å². The summed E-state index contributed by atoms with van der Waals surface area (Å²) in [4.78, 5) is 31.6. The number of carboxylic acids is 1. The normalized spacial score (nSPS) is 16.4. The maximum Gasteiger partial charge on any atom is 0.490 e. The highest BCUT2D eigenvalue weighted by molar-refractivity contribution is 7.19. The first kappa shape index (κ1) is 31.5. The number of fused-ring (bicyclic) bond motifs is 1. The number of anilines is 1. The van der Waals surface area contributed by atoms with E-state index in [1.807, 2.05) is 22.8 Å². The number of piperazine rings is 1. The Morgan fingerprint density at radius 1 is 0.955 bits per heavy atom. The molecule has 0 atom stereocenters. The number of ether oxygens (including phenoxy) is 1. The summed E-state index contributed by atoms with van der Waals surface area (Å²) in [5, 5.41) is 12.9. The highest BCUT2D eigenvalue weighted by atomic mass is 32.1. The van der Waals surface area contributed by atoms with Crippen molar-refractivity contribution in [3.8, 4) is 21.8 Å². The molecular weight excluding hydrogens is 595 g/mol. The van der Waals surface area contributed by atoms with E-state index in [-0.39, 0.29) is 5.97 Å². The molecule has 1 N–H and O–H groups in total. The molecule has 2 aromatic carbocycles. The van der Waals surface area contributed by atoms with Crippen molar-refractivity contribution in [1.29, 1.82) is 0 Å². The zero-order chi connectivity index (χ0) is 31.3. The van der Waals surface area contributed by atoms with Gasteiger partial charge in [-0.3, -0.25) is 4.90 Å². The minimum atomic E-state index is -5.08. The summed E-state index contributed by atoms with van der Waals surface area (Å²) in [6, 6.07) is 17.0. The SMILES string of the molecule is CCOC(=O)c1ccc(-c2cn3nc(-c4ccc(N5CCN(C6CCCCC6)CC5)cc4)sc3n2)cc1.O=C(O)C(F)(F)F. The van der Waals surface area contributed by atoms with Crippen molar-refractivity contribution < 1.29 is 32.6 Å². The van der Waals surface area contributed by atoms with Crippen LogP contribution in [-0.4, -0.2) is 81.5 Å². The molecule has 1 saturated heterocycles. The molecule has 1 aliphatic heterocycles. The van der Waals surface area contributed by atoms with Crippen LogP contribution in [0.4, 0.5) is 18.9 Å². The van der Waals surface area contributed by atoms with Crippen LogP contribution < -0.4 is 4.90 Å². The molecule has 13 heteroatoms. The van der Waals surface area contributed by atoms with E-state index >= 15 is 0 Å². The lowest BCUT2D eigenvalue weighted by atomic mass is 9.94. The fourth-order valence-corrected chi connectivity index (χ4v) is 6.44. The maximum absolute atomic E-state index is 11.9. The van der Waals surface area contributed by atoms with Crippen LogP contribution in [0.15, 0.2) is 54.7 Å². The number of carboxylic acid groups (broad SMARTS) is 1. The van der Waals surface area contributed by atoms with E-state index in [1.165, 1.54) is 50.9 Å². The van der Waals surface area contributed by atoms with Gasteiger partial charge in [0.05, 0.1) is 24.1 Å². The minimum Gasteiger partial charge on any atom is -0.475 e. The highest BCUT2D eigenvalue weighted by Crippen LogP contribution is 2.30. The van der Waals surface area contributed by atoms with Gasteiger partial charge in [-0.25, -0.2) is 19.1 Å². The number of hydrogen-bond acceptors (Lipinski definition) is 8. The molecule has 1 saturated carbocycles. The maximum atomic E-state index is 11.9. The van der Waals surface area contributed by atoms with Crippen molar-refractivity contribution in [2.75, 3.05) is 37.7 Å². The minimum absolute atomic E-state index is 0.307. The fraction of sp³-hybridized carbons (Fsp3) is 0.419. The average Bonchev–Trinajstić information content (AvgIpc) is 3.62. The van der Waals surface area contributed by atoms with E-state index in [1.54, 1.807) is 30.4 Å². The van der Waals surface area contributed by atoms with E-state index < -0.39 is 12.1 Å². The Morgan fingerprint density at radius 2 is 1.57 bits per heavy atom. The van der Waals surface area contributed by atoms with Gasteiger partial charge < -0.3 is 14.7 Å². The lowest BCUT2D eigenvalue weighted by Gasteiger charge is -2.41. The van der Waals surface area contributed by atoms with Crippen LogP contribution in [0.2, 0.25) is 0 Å².